The smallest absolute Gasteiger partial charge is 0.0522 e. The Morgan fingerprint density at radius 1 is 1.39 bits per heavy atom. The fourth-order valence-electron chi connectivity index (χ4n) is 1.91. The molecule has 1 heterocycles. The number of benzene rings is 1. The highest BCUT2D eigenvalue weighted by molar-refractivity contribution is 9.10. The van der Waals surface area contributed by atoms with Crippen molar-refractivity contribution in [3.63, 3.8) is 0 Å². The molecule has 0 bridgehead atoms. The highest BCUT2D eigenvalue weighted by Gasteiger charge is 1.99. The Hall–Kier alpha value is -1.13. The van der Waals surface area contributed by atoms with Gasteiger partial charge in [0.05, 0.1) is 6.20 Å². The van der Waals surface area contributed by atoms with Crippen LogP contribution in [0.15, 0.2) is 34.9 Å². The minimum atomic E-state index is 0.920. The zero-order valence-corrected chi connectivity index (χ0v) is 12.1. The second-order valence-corrected chi connectivity index (χ2v) is 5.35. The number of nitrogens with zero attached hydrogens (tertiary/aromatic N) is 1. The molecule has 0 radical (unpaired) electrons. The van der Waals surface area contributed by atoms with Crippen LogP contribution in [0.1, 0.15) is 23.2 Å². The Bertz CT molecular complexity index is 493. The molecule has 0 atom stereocenters. The van der Waals surface area contributed by atoms with E-state index < -0.39 is 0 Å². The zero-order chi connectivity index (χ0) is 12.8. The van der Waals surface area contributed by atoms with E-state index in [-0.39, 0.29) is 0 Å². The molecule has 2 aromatic rings. The third-order valence-corrected chi connectivity index (χ3v) is 3.45. The third kappa shape index (κ3) is 3.96. The van der Waals surface area contributed by atoms with Gasteiger partial charge in [-0.2, -0.15) is 5.10 Å². The molecule has 0 spiro atoms. The number of H-pyrrole nitrogens is 1. The first kappa shape index (κ1) is 13.3. The van der Waals surface area contributed by atoms with Crippen LogP contribution < -0.4 is 5.32 Å². The van der Waals surface area contributed by atoms with Crippen LogP contribution in [-0.2, 0) is 13.0 Å². The van der Waals surface area contributed by atoms with Crippen molar-refractivity contribution in [3.8, 4) is 0 Å². The number of halogens is 1. The maximum atomic E-state index is 4.03. The molecule has 0 fully saturated rings. The topological polar surface area (TPSA) is 40.7 Å². The van der Waals surface area contributed by atoms with Crippen molar-refractivity contribution in [1.29, 1.82) is 0 Å². The molecule has 3 nitrogen and oxygen atoms in total. The molecule has 0 saturated carbocycles. The number of nitrogens with one attached hydrogen (secondary N) is 2. The molecule has 2 N–H and O–H groups in total. The minimum absolute atomic E-state index is 0.920. The Labute approximate surface area is 116 Å². The van der Waals surface area contributed by atoms with Crippen LogP contribution in [0.25, 0.3) is 0 Å². The van der Waals surface area contributed by atoms with Gasteiger partial charge >= 0.3 is 0 Å². The first-order valence-corrected chi connectivity index (χ1v) is 6.99. The van der Waals surface area contributed by atoms with Crippen LogP contribution in [0.2, 0.25) is 0 Å². The Morgan fingerprint density at radius 3 is 3.00 bits per heavy atom. The molecule has 4 heteroatoms. The summed E-state index contributed by atoms with van der Waals surface area (Å²) in [5.74, 6) is 0. The Kier molecular flexibility index (Phi) is 4.96. The van der Waals surface area contributed by atoms with Crippen LogP contribution in [0.5, 0.6) is 0 Å². The Morgan fingerprint density at radius 2 is 2.28 bits per heavy atom. The number of aryl methyl sites for hydroxylation is 2. The number of hydrogen-bond donors (Lipinski definition) is 2. The summed E-state index contributed by atoms with van der Waals surface area (Å²) >= 11 is 3.48. The molecule has 2 rings (SSSR count). The number of aromatic amines is 1. The SMILES string of the molecule is Cc1[nH]ncc1CCCNCc1cccc(Br)c1. The number of rotatable bonds is 6. The molecule has 0 saturated heterocycles. The predicted octanol–water partition coefficient (Wildman–Crippen LogP) is 3.20. The zero-order valence-electron chi connectivity index (χ0n) is 10.5. The maximum Gasteiger partial charge on any atom is 0.0522 e. The van der Waals surface area contributed by atoms with Gasteiger partial charge in [0.2, 0.25) is 0 Å². The van der Waals surface area contributed by atoms with E-state index in [1.807, 2.05) is 12.3 Å². The van der Waals surface area contributed by atoms with E-state index in [0.717, 1.165) is 30.4 Å². The predicted molar refractivity (Wildman–Crippen MR) is 77.5 cm³/mol. The van der Waals surface area contributed by atoms with Crippen molar-refractivity contribution in [2.24, 2.45) is 0 Å². The quantitative estimate of drug-likeness (QED) is 0.805. The third-order valence-electron chi connectivity index (χ3n) is 2.95. The lowest BCUT2D eigenvalue weighted by Crippen LogP contribution is -2.15. The molecule has 1 aromatic heterocycles. The van der Waals surface area contributed by atoms with Crippen molar-refractivity contribution >= 4 is 15.9 Å². The van der Waals surface area contributed by atoms with Gasteiger partial charge in [-0.05, 0) is 49.6 Å². The van der Waals surface area contributed by atoms with E-state index >= 15 is 0 Å². The fraction of sp³-hybridized carbons (Fsp3) is 0.357. The van der Waals surface area contributed by atoms with Crippen LogP contribution in [-0.4, -0.2) is 16.7 Å². The van der Waals surface area contributed by atoms with Gasteiger partial charge < -0.3 is 5.32 Å². The van der Waals surface area contributed by atoms with Gasteiger partial charge in [-0.1, -0.05) is 28.1 Å². The van der Waals surface area contributed by atoms with Gasteiger partial charge in [-0.15, -0.1) is 0 Å². The second kappa shape index (κ2) is 6.71. The van der Waals surface area contributed by atoms with Crippen molar-refractivity contribution < 1.29 is 0 Å². The molecule has 0 aliphatic heterocycles. The van der Waals surface area contributed by atoms with Gasteiger partial charge in [0.25, 0.3) is 0 Å². The monoisotopic (exact) mass is 307 g/mol. The first-order valence-electron chi connectivity index (χ1n) is 6.20. The normalized spacial score (nSPS) is 10.8. The van der Waals surface area contributed by atoms with E-state index in [0.29, 0.717) is 0 Å². The summed E-state index contributed by atoms with van der Waals surface area (Å²) in [4.78, 5) is 0. The minimum Gasteiger partial charge on any atom is -0.313 e. The van der Waals surface area contributed by atoms with Gasteiger partial charge in [0.1, 0.15) is 0 Å². The van der Waals surface area contributed by atoms with Gasteiger partial charge in [-0.3, -0.25) is 5.10 Å². The largest absolute Gasteiger partial charge is 0.313 e. The lowest BCUT2D eigenvalue weighted by Gasteiger charge is -2.05. The van der Waals surface area contributed by atoms with Crippen LogP contribution in [0.3, 0.4) is 0 Å². The van der Waals surface area contributed by atoms with Crippen LogP contribution >= 0.6 is 15.9 Å². The fourth-order valence-corrected chi connectivity index (χ4v) is 2.36. The van der Waals surface area contributed by atoms with Gasteiger partial charge in [0.15, 0.2) is 0 Å². The molecule has 96 valence electrons. The van der Waals surface area contributed by atoms with Crippen LogP contribution in [0, 0.1) is 6.92 Å². The van der Waals surface area contributed by atoms with Gasteiger partial charge in [-0.25, -0.2) is 0 Å². The lowest BCUT2D eigenvalue weighted by atomic mass is 10.1. The second-order valence-electron chi connectivity index (χ2n) is 4.43. The molecule has 0 unspecified atom stereocenters. The summed E-state index contributed by atoms with van der Waals surface area (Å²) in [6.45, 7) is 4.01. The van der Waals surface area contributed by atoms with E-state index in [1.165, 1.54) is 16.8 Å². The molecule has 0 amide bonds. The average Bonchev–Trinajstić information content (AvgIpc) is 2.75. The van der Waals surface area contributed by atoms with Gasteiger partial charge in [0, 0.05) is 16.7 Å². The first-order chi connectivity index (χ1) is 8.75. The summed E-state index contributed by atoms with van der Waals surface area (Å²) in [5, 5.41) is 10.5. The number of aromatic nitrogens is 2. The summed E-state index contributed by atoms with van der Waals surface area (Å²) < 4.78 is 1.14. The molecule has 1 aromatic carbocycles. The number of hydrogen-bond acceptors (Lipinski definition) is 2. The lowest BCUT2D eigenvalue weighted by molar-refractivity contribution is 0.648. The van der Waals surface area contributed by atoms with E-state index in [2.05, 4.69) is 56.6 Å². The molecular formula is C14H18BrN3. The van der Waals surface area contributed by atoms with Crippen molar-refractivity contribution in [2.45, 2.75) is 26.3 Å². The average molecular weight is 308 g/mol. The molecule has 18 heavy (non-hydrogen) atoms. The molecular weight excluding hydrogens is 290 g/mol. The highest BCUT2D eigenvalue weighted by Crippen LogP contribution is 2.11. The standard InChI is InChI=1S/C14H18BrN3/c1-11-13(10-17-18-11)5-3-7-16-9-12-4-2-6-14(15)8-12/h2,4,6,8,10,16H,3,5,7,9H2,1H3,(H,17,18). The maximum absolute atomic E-state index is 4.03. The summed E-state index contributed by atoms with van der Waals surface area (Å²) in [5.41, 5.74) is 3.81. The Balaban J connectivity index is 1.66. The van der Waals surface area contributed by atoms with Crippen molar-refractivity contribution in [3.05, 3.63) is 51.8 Å². The van der Waals surface area contributed by atoms with E-state index in [9.17, 15) is 0 Å². The summed E-state index contributed by atoms with van der Waals surface area (Å²) in [6, 6.07) is 8.40. The summed E-state index contributed by atoms with van der Waals surface area (Å²) in [6.07, 6.45) is 4.13. The molecule has 0 aliphatic carbocycles. The van der Waals surface area contributed by atoms with E-state index in [4.69, 9.17) is 0 Å². The van der Waals surface area contributed by atoms with Crippen LogP contribution in [0.4, 0.5) is 0 Å². The summed E-state index contributed by atoms with van der Waals surface area (Å²) in [7, 11) is 0. The van der Waals surface area contributed by atoms with Crippen molar-refractivity contribution in [1.82, 2.24) is 15.5 Å². The van der Waals surface area contributed by atoms with Crippen molar-refractivity contribution in [2.75, 3.05) is 6.54 Å². The molecule has 0 aliphatic rings. The highest BCUT2D eigenvalue weighted by atomic mass is 79.9. The van der Waals surface area contributed by atoms with E-state index in [1.54, 1.807) is 0 Å².